The molecule has 0 spiro atoms. The Bertz CT molecular complexity index is 614. The molecular formula is C19H29N5. The van der Waals surface area contributed by atoms with Crippen LogP contribution in [0.5, 0.6) is 0 Å². The topological polar surface area (TPSA) is 46.8 Å². The van der Waals surface area contributed by atoms with Gasteiger partial charge in [-0.05, 0) is 60.2 Å². The number of hydrogen-bond acceptors (Lipinski definition) is 4. The predicted molar refractivity (Wildman–Crippen MR) is 95.5 cm³/mol. The minimum atomic E-state index is 0.309. The number of nitrogens with zero attached hydrogens (tertiary/aromatic N) is 5. The first-order valence-corrected chi connectivity index (χ1v) is 9.19. The van der Waals surface area contributed by atoms with Gasteiger partial charge in [-0.25, -0.2) is 4.68 Å². The average molecular weight is 327 g/mol. The first-order valence-electron chi connectivity index (χ1n) is 9.19. The number of tetrazole rings is 1. The molecule has 24 heavy (non-hydrogen) atoms. The molecule has 2 aromatic rings. The van der Waals surface area contributed by atoms with Gasteiger partial charge in [0.05, 0.1) is 6.04 Å². The Morgan fingerprint density at radius 2 is 1.83 bits per heavy atom. The molecule has 3 rings (SSSR count). The quantitative estimate of drug-likeness (QED) is 0.816. The highest BCUT2D eigenvalue weighted by Crippen LogP contribution is 2.30. The highest BCUT2D eigenvalue weighted by atomic mass is 15.5. The van der Waals surface area contributed by atoms with Crippen molar-refractivity contribution in [1.82, 2.24) is 25.1 Å². The fourth-order valence-corrected chi connectivity index (χ4v) is 3.65. The Morgan fingerprint density at radius 3 is 2.50 bits per heavy atom. The van der Waals surface area contributed by atoms with Crippen LogP contribution in [0.4, 0.5) is 0 Å². The molecule has 1 saturated heterocycles. The van der Waals surface area contributed by atoms with Gasteiger partial charge in [0.1, 0.15) is 0 Å². The van der Waals surface area contributed by atoms with E-state index in [9.17, 15) is 0 Å². The monoisotopic (exact) mass is 327 g/mol. The fourth-order valence-electron chi connectivity index (χ4n) is 3.65. The molecule has 1 aromatic heterocycles. The van der Waals surface area contributed by atoms with Crippen molar-refractivity contribution < 1.29 is 0 Å². The van der Waals surface area contributed by atoms with Crippen molar-refractivity contribution in [2.45, 2.75) is 52.6 Å². The molecule has 5 heteroatoms. The zero-order chi connectivity index (χ0) is 16.9. The molecule has 0 amide bonds. The van der Waals surface area contributed by atoms with E-state index in [-0.39, 0.29) is 0 Å². The first-order chi connectivity index (χ1) is 11.6. The molecule has 0 radical (unpaired) electrons. The van der Waals surface area contributed by atoms with Crippen molar-refractivity contribution in [3.63, 3.8) is 0 Å². The Balaban J connectivity index is 1.73. The van der Waals surface area contributed by atoms with Gasteiger partial charge in [0.15, 0.2) is 5.82 Å². The van der Waals surface area contributed by atoms with E-state index in [1.54, 1.807) is 0 Å². The lowest BCUT2D eigenvalue weighted by Gasteiger charge is -2.37. The molecule has 0 N–H and O–H groups in total. The lowest BCUT2D eigenvalue weighted by atomic mass is 9.94. The smallest absolute Gasteiger partial charge is 0.168 e. The summed E-state index contributed by atoms with van der Waals surface area (Å²) in [6, 6.07) is 10.9. The summed E-state index contributed by atoms with van der Waals surface area (Å²) in [7, 11) is 0. The maximum atomic E-state index is 4.40. The van der Waals surface area contributed by atoms with Crippen molar-refractivity contribution in [3.05, 3.63) is 41.7 Å². The van der Waals surface area contributed by atoms with Gasteiger partial charge in [-0.3, -0.25) is 4.90 Å². The average Bonchev–Trinajstić information content (AvgIpc) is 3.04. The second kappa shape index (κ2) is 7.88. The molecule has 0 unspecified atom stereocenters. The Labute approximate surface area is 145 Å². The second-order valence-corrected chi connectivity index (χ2v) is 7.40. The number of hydrogen-bond donors (Lipinski definition) is 0. The Hall–Kier alpha value is -1.75. The summed E-state index contributed by atoms with van der Waals surface area (Å²) in [5, 5.41) is 12.7. The summed E-state index contributed by atoms with van der Waals surface area (Å²) in [6.07, 6.45) is 3.50. The first kappa shape index (κ1) is 17.1. The molecule has 1 aliphatic rings. The van der Waals surface area contributed by atoms with Gasteiger partial charge in [-0.15, -0.1) is 5.10 Å². The molecule has 0 bridgehead atoms. The van der Waals surface area contributed by atoms with Crippen LogP contribution in [0.1, 0.15) is 51.0 Å². The van der Waals surface area contributed by atoms with Crippen LogP contribution < -0.4 is 0 Å². The van der Waals surface area contributed by atoms with Crippen molar-refractivity contribution in [3.8, 4) is 0 Å². The number of rotatable bonds is 6. The van der Waals surface area contributed by atoms with Crippen molar-refractivity contribution in [2.75, 3.05) is 13.1 Å². The molecular weight excluding hydrogens is 298 g/mol. The second-order valence-electron chi connectivity index (χ2n) is 7.40. The van der Waals surface area contributed by atoms with Gasteiger partial charge in [-0.2, -0.15) is 0 Å². The van der Waals surface area contributed by atoms with E-state index < -0.39 is 0 Å². The van der Waals surface area contributed by atoms with Gasteiger partial charge in [-0.1, -0.05) is 51.1 Å². The van der Waals surface area contributed by atoms with Crippen molar-refractivity contribution >= 4 is 0 Å². The van der Waals surface area contributed by atoms with Crippen LogP contribution in [0.3, 0.4) is 0 Å². The maximum Gasteiger partial charge on any atom is 0.168 e. The summed E-state index contributed by atoms with van der Waals surface area (Å²) in [5.74, 6) is 2.36. The SMILES string of the molecule is CC1CCN([C@@H](c2nnnn2CCc2ccccc2)C(C)C)CC1. The zero-order valence-electron chi connectivity index (χ0n) is 15.1. The lowest BCUT2D eigenvalue weighted by molar-refractivity contribution is 0.0991. The molecule has 1 aliphatic heterocycles. The molecule has 1 atom stereocenters. The van der Waals surface area contributed by atoms with Crippen molar-refractivity contribution in [2.24, 2.45) is 11.8 Å². The number of benzene rings is 1. The Kier molecular flexibility index (Phi) is 5.61. The number of likely N-dealkylation sites (tertiary alicyclic amines) is 1. The van der Waals surface area contributed by atoms with Crippen LogP contribution in [0.2, 0.25) is 0 Å². The van der Waals surface area contributed by atoms with E-state index in [1.807, 2.05) is 4.68 Å². The molecule has 1 fully saturated rings. The van der Waals surface area contributed by atoms with E-state index in [0.717, 1.165) is 37.8 Å². The summed E-state index contributed by atoms with van der Waals surface area (Å²) < 4.78 is 2.01. The van der Waals surface area contributed by atoms with E-state index in [1.165, 1.54) is 18.4 Å². The predicted octanol–water partition coefficient (Wildman–Crippen LogP) is 3.34. The zero-order valence-corrected chi connectivity index (χ0v) is 15.1. The van der Waals surface area contributed by atoms with Gasteiger partial charge in [0.2, 0.25) is 0 Å². The number of aryl methyl sites for hydroxylation is 2. The van der Waals surface area contributed by atoms with Crippen LogP contribution in [0, 0.1) is 11.8 Å². The van der Waals surface area contributed by atoms with Gasteiger partial charge in [0.25, 0.3) is 0 Å². The molecule has 0 aliphatic carbocycles. The standard InChI is InChI=1S/C19H29N5/c1-15(2)18(23-12-9-16(3)10-13-23)19-20-21-22-24(19)14-11-17-7-5-4-6-8-17/h4-8,15-16,18H,9-14H2,1-3H3/t18-/m1/s1. The van der Waals surface area contributed by atoms with Crippen LogP contribution in [-0.2, 0) is 13.0 Å². The Morgan fingerprint density at radius 1 is 1.12 bits per heavy atom. The van der Waals surface area contributed by atoms with Crippen LogP contribution in [-0.4, -0.2) is 38.2 Å². The van der Waals surface area contributed by atoms with Crippen molar-refractivity contribution in [1.29, 1.82) is 0 Å². The summed E-state index contributed by atoms with van der Waals surface area (Å²) in [4.78, 5) is 2.58. The van der Waals surface area contributed by atoms with E-state index in [2.05, 4.69) is 71.5 Å². The molecule has 130 valence electrons. The fraction of sp³-hybridized carbons (Fsp3) is 0.632. The largest absolute Gasteiger partial charge is 0.293 e. The third-order valence-corrected chi connectivity index (χ3v) is 5.12. The maximum absolute atomic E-state index is 4.40. The molecule has 5 nitrogen and oxygen atoms in total. The van der Waals surface area contributed by atoms with E-state index >= 15 is 0 Å². The molecule has 0 saturated carbocycles. The summed E-state index contributed by atoms with van der Waals surface area (Å²) >= 11 is 0. The van der Waals surface area contributed by atoms with Gasteiger partial charge < -0.3 is 0 Å². The normalized spacial score (nSPS) is 18.2. The van der Waals surface area contributed by atoms with Crippen LogP contribution in [0.15, 0.2) is 30.3 Å². The van der Waals surface area contributed by atoms with Crippen LogP contribution in [0.25, 0.3) is 0 Å². The molecule has 1 aromatic carbocycles. The number of piperidine rings is 1. The van der Waals surface area contributed by atoms with E-state index in [0.29, 0.717) is 12.0 Å². The lowest BCUT2D eigenvalue weighted by Crippen LogP contribution is -2.39. The number of aromatic nitrogens is 4. The highest BCUT2D eigenvalue weighted by Gasteiger charge is 2.30. The van der Waals surface area contributed by atoms with Gasteiger partial charge >= 0.3 is 0 Å². The summed E-state index contributed by atoms with van der Waals surface area (Å²) in [5.41, 5.74) is 1.33. The van der Waals surface area contributed by atoms with Gasteiger partial charge in [0, 0.05) is 6.54 Å². The minimum absolute atomic E-state index is 0.309. The highest BCUT2D eigenvalue weighted by molar-refractivity contribution is 5.14. The third-order valence-electron chi connectivity index (χ3n) is 5.12. The minimum Gasteiger partial charge on any atom is -0.293 e. The van der Waals surface area contributed by atoms with E-state index in [4.69, 9.17) is 0 Å². The van der Waals surface area contributed by atoms with Crippen LogP contribution >= 0.6 is 0 Å². The molecule has 2 heterocycles. The third kappa shape index (κ3) is 4.01. The summed E-state index contributed by atoms with van der Waals surface area (Å²) in [6.45, 7) is 10.0.